The standard InChI is InChI=1S/C9H16N4S/c1-3-5-10-9(14)12-8-6-11-13(4-2)7-8/h6-7H,3-5H2,1-2H3,(H2,10,12,14). The van der Waals surface area contributed by atoms with Crippen LogP contribution in [0.2, 0.25) is 0 Å². The maximum atomic E-state index is 5.09. The van der Waals surface area contributed by atoms with E-state index in [-0.39, 0.29) is 0 Å². The number of nitrogens with zero attached hydrogens (tertiary/aromatic N) is 2. The number of hydrogen-bond donors (Lipinski definition) is 2. The van der Waals surface area contributed by atoms with Crippen LogP contribution in [0.3, 0.4) is 0 Å². The molecule has 1 rings (SSSR count). The first-order chi connectivity index (χ1) is 6.76. The molecule has 0 radical (unpaired) electrons. The third kappa shape index (κ3) is 3.33. The van der Waals surface area contributed by atoms with Gasteiger partial charge < -0.3 is 10.6 Å². The van der Waals surface area contributed by atoms with Crippen LogP contribution in [0.5, 0.6) is 0 Å². The fourth-order valence-corrected chi connectivity index (χ4v) is 1.23. The van der Waals surface area contributed by atoms with E-state index >= 15 is 0 Å². The van der Waals surface area contributed by atoms with Gasteiger partial charge in [0.1, 0.15) is 0 Å². The van der Waals surface area contributed by atoms with Gasteiger partial charge in [0.2, 0.25) is 0 Å². The lowest BCUT2D eigenvalue weighted by Gasteiger charge is -2.06. The van der Waals surface area contributed by atoms with Crippen molar-refractivity contribution < 1.29 is 0 Å². The summed E-state index contributed by atoms with van der Waals surface area (Å²) in [6.45, 7) is 5.92. The van der Waals surface area contributed by atoms with Crippen molar-refractivity contribution in [1.82, 2.24) is 15.1 Å². The highest BCUT2D eigenvalue weighted by atomic mass is 32.1. The van der Waals surface area contributed by atoms with Crippen molar-refractivity contribution in [2.45, 2.75) is 26.8 Å². The maximum absolute atomic E-state index is 5.09. The molecule has 0 amide bonds. The van der Waals surface area contributed by atoms with E-state index in [0.717, 1.165) is 25.2 Å². The fourth-order valence-electron chi connectivity index (χ4n) is 1.01. The summed E-state index contributed by atoms with van der Waals surface area (Å²) < 4.78 is 1.85. The number of thiocarbonyl (C=S) groups is 1. The van der Waals surface area contributed by atoms with Gasteiger partial charge in [0.15, 0.2) is 5.11 Å². The van der Waals surface area contributed by atoms with E-state index in [0.29, 0.717) is 5.11 Å². The van der Waals surface area contributed by atoms with Gasteiger partial charge in [-0.05, 0) is 25.6 Å². The lowest BCUT2D eigenvalue weighted by Crippen LogP contribution is -2.28. The van der Waals surface area contributed by atoms with Crippen molar-refractivity contribution in [2.75, 3.05) is 11.9 Å². The maximum Gasteiger partial charge on any atom is 0.170 e. The summed E-state index contributed by atoms with van der Waals surface area (Å²) in [6.07, 6.45) is 4.76. The highest BCUT2D eigenvalue weighted by Crippen LogP contribution is 2.03. The Morgan fingerprint density at radius 3 is 2.93 bits per heavy atom. The van der Waals surface area contributed by atoms with Crippen LogP contribution in [-0.2, 0) is 6.54 Å². The predicted molar refractivity (Wildman–Crippen MR) is 62.4 cm³/mol. The van der Waals surface area contributed by atoms with Crippen molar-refractivity contribution in [2.24, 2.45) is 0 Å². The SMILES string of the molecule is CCCNC(=S)Nc1cnn(CC)c1. The Balaban J connectivity index is 2.39. The molecule has 14 heavy (non-hydrogen) atoms. The number of aryl methyl sites for hydroxylation is 1. The van der Waals surface area contributed by atoms with Gasteiger partial charge in [-0.15, -0.1) is 0 Å². The van der Waals surface area contributed by atoms with E-state index in [1.807, 2.05) is 17.8 Å². The highest BCUT2D eigenvalue weighted by Gasteiger charge is 1.98. The Hall–Kier alpha value is -1.10. The van der Waals surface area contributed by atoms with Gasteiger partial charge in [-0.3, -0.25) is 4.68 Å². The first kappa shape index (κ1) is 11.0. The van der Waals surface area contributed by atoms with Crippen LogP contribution in [0.15, 0.2) is 12.4 Å². The Morgan fingerprint density at radius 2 is 2.36 bits per heavy atom. The molecule has 0 atom stereocenters. The van der Waals surface area contributed by atoms with E-state index in [1.54, 1.807) is 6.20 Å². The van der Waals surface area contributed by atoms with Crippen LogP contribution in [-0.4, -0.2) is 21.4 Å². The molecule has 78 valence electrons. The summed E-state index contributed by atoms with van der Waals surface area (Å²) in [5, 5.41) is 10.9. The summed E-state index contributed by atoms with van der Waals surface area (Å²) >= 11 is 5.09. The Labute approximate surface area is 89.7 Å². The lowest BCUT2D eigenvalue weighted by molar-refractivity contribution is 0.660. The van der Waals surface area contributed by atoms with Crippen molar-refractivity contribution in [3.8, 4) is 0 Å². The van der Waals surface area contributed by atoms with E-state index in [9.17, 15) is 0 Å². The molecule has 2 N–H and O–H groups in total. The molecule has 0 saturated carbocycles. The monoisotopic (exact) mass is 212 g/mol. The summed E-state index contributed by atoms with van der Waals surface area (Å²) in [4.78, 5) is 0. The first-order valence-electron chi connectivity index (χ1n) is 4.83. The van der Waals surface area contributed by atoms with Gasteiger partial charge in [-0.1, -0.05) is 6.92 Å². The fraction of sp³-hybridized carbons (Fsp3) is 0.556. The van der Waals surface area contributed by atoms with Gasteiger partial charge in [0.05, 0.1) is 11.9 Å². The molecule has 0 aliphatic rings. The largest absolute Gasteiger partial charge is 0.362 e. The van der Waals surface area contributed by atoms with Crippen LogP contribution in [0.4, 0.5) is 5.69 Å². The molecule has 1 aromatic rings. The average molecular weight is 212 g/mol. The molecule has 0 aromatic carbocycles. The molecule has 1 heterocycles. The molecule has 5 heteroatoms. The average Bonchev–Trinajstić information content (AvgIpc) is 2.62. The van der Waals surface area contributed by atoms with Gasteiger partial charge in [-0.25, -0.2) is 0 Å². The Morgan fingerprint density at radius 1 is 1.57 bits per heavy atom. The number of anilines is 1. The van der Waals surface area contributed by atoms with Crippen molar-refractivity contribution in [3.05, 3.63) is 12.4 Å². The molecule has 4 nitrogen and oxygen atoms in total. The first-order valence-corrected chi connectivity index (χ1v) is 5.24. The van der Waals surface area contributed by atoms with Crippen LogP contribution in [0.25, 0.3) is 0 Å². The molecular weight excluding hydrogens is 196 g/mol. The van der Waals surface area contributed by atoms with Crippen LogP contribution < -0.4 is 10.6 Å². The van der Waals surface area contributed by atoms with Crippen LogP contribution in [0.1, 0.15) is 20.3 Å². The number of hydrogen-bond acceptors (Lipinski definition) is 2. The molecule has 0 bridgehead atoms. The van der Waals surface area contributed by atoms with E-state index in [2.05, 4.69) is 22.7 Å². The van der Waals surface area contributed by atoms with Crippen molar-refractivity contribution in [3.63, 3.8) is 0 Å². The minimum atomic E-state index is 0.655. The highest BCUT2D eigenvalue weighted by molar-refractivity contribution is 7.80. The Bertz CT molecular complexity index is 295. The normalized spacial score (nSPS) is 9.86. The second kappa shape index (κ2) is 5.59. The van der Waals surface area contributed by atoms with E-state index < -0.39 is 0 Å². The minimum Gasteiger partial charge on any atom is -0.362 e. The molecule has 0 aliphatic heterocycles. The molecule has 0 aliphatic carbocycles. The number of nitrogens with one attached hydrogen (secondary N) is 2. The van der Waals surface area contributed by atoms with Gasteiger partial charge >= 0.3 is 0 Å². The zero-order chi connectivity index (χ0) is 10.4. The topological polar surface area (TPSA) is 41.9 Å². The third-order valence-corrected chi connectivity index (χ3v) is 2.00. The summed E-state index contributed by atoms with van der Waals surface area (Å²) in [5.41, 5.74) is 0.931. The quantitative estimate of drug-likeness (QED) is 0.744. The zero-order valence-corrected chi connectivity index (χ0v) is 9.40. The zero-order valence-electron chi connectivity index (χ0n) is 8.58. The van der Waals surface area contributed by atoms with Crippen LogP contribution in [0, 0.1) is 0 Å². The smallest absolute Gasteiger partial charge is 0.170 e. The molecule has 1 aromatic heterocycles. The number of aromatic nitrogens is 2. The molecule has 0 unspecified atom stereocenters. The van der Waals surface area contributed by atoms with Crippen LogP contribution >= 0.6 is 12.2 Å². The second-order valence-corrected chi connectivity index (χ2v) is 3.37. The number of rotatable bonds is 4. The lowest BCUT2D eigenvalue weighted by atomic mass is 10.5. The second-order valence-electron chi connectivity index (χ2n) is 2.97. The molecule has 0 spiro atoms. The van der Waals surface area contributed by atoms with Gasteiger partial charge in [-0.2, -0.15) is 5.10 Å². The van der Waals surface area contributed by atoms with Gasteiger partial charge in [0.25, 0.3) is 0 Å². The van der Waals surface area contributed by atoms with E-state index in [4.69, 9.17) is 12.2 Å². The molecule has 0 saturated heterocycles. The van der Waals surface area contributed by atoms with Crippen molar-refractivity contribution >= 4 is 23.0 Å². The molecular formula is C9H16N4S. The molecule has 0 fully saturated rings. The van der Waals surface area contributed by atoms with Gasteiger partial charge in [0, 0.05) is 19.3 Å². The van der Waals surface area contributed by atoms with Crippen molar-refractivity contribution in [1.29, 1.82) is 0 Å². The Kier molecular flexibility index (Phi) is 4.39. The predicted octanol–water partition coefficient (Wildman–Crippen LogP) is 1.60. The summed E-state index contributed by atoms with van der Waals surface area (Å²) in [7, 11) is 0. The third-order valence-electron chi connectivity index (χ3n) is 1.75. The summed E-state index contributed by atoms with van der Waals surface area (Å²) in [5.74, 6) is 0. The van der Waals surface area contributed by atoms with E-state index in [1.165, 1.54) is 0 Å². The summed E-state index contributed by atoms with van der Waals surface area (Å²) in [6, 6.07) is 0. The minimum absolute atomic E-state index is 0.655.